The summed E-state index contributed by atoms with van der Waals surface area (Å²) in [5.74, 6) is 0.556. The Morgan fingerprint density at radius 3 is 2.79 bits per heavy atom. The fourth-order valence-electron chi connectivity index (χ4n) is 3.91. The van der Waals surface area contributed by atoms with Crippen molar-refractivity contribution >= 4 is 33.2 Å². The number of hydrogen-bond acceptors (Lipinski definition) is 7. The summed E-state index contributed by atoms with van der Waals surface area (Å²) in [6.07, 6.45) is 4.29. The Kier molecular flexibility index (Phi) is 4.27. The van der Waals surface area contributed by atoms with E-state index >= 15 is 0 Å². The maximum absolute atomic E-state index is 9.29. The number of fused-ring (bicyclic) bond motifs is 1. The van der Waals surface area contributed by atoms with Gasteiger partial charge in [-0.15, -0.1) is 11.3 Å². The number of anilines is 2. The standard InChI is InChI=1S/C21H19N7S/c1-27-13-21(14-27,8-9-22)28-12-15(11-23-28)18-19-17(7-10-29-19)25-20(26-18)24-16-5-3-2-4-6-16/h2-7,10-12H,8,13-14H2,1H3,(H,24,25,26). The van der Waals surface area contributed by atoms with Crippen LogP contribution in [0.15, 0.2) is 54.2 Å². The number of thiophene rings is 1. The van der Waals surface area contributed by atoms with Crippen LogP contribution in [0.2, 0.25) is 0 Å². The molecule has 1 aliphatic heterocycles. The topological polar surface area (TPSA) is 82.7 Å². The molecule has 1 aromatic carbocycles. The molecule has 0 radical (unpaired) electrons. The monoisotopic (exact) mass is 401 g/mol. The zero-order chi connectivity index (χ0) is 19.8. The van der Waals surface area contributed by atoms with Crippen molar-refractivity contribution in [2.24, 2.45) is 0 Å². The van der Waals surface area contributed by atoms with Crippen LogP contribution in [-0.4, -0.2) is 44.8 Å². The summed E-state index contributed by atoms with van der Waals surface area (Å²) < 4.78 is 2.97. The summed E-state index contributed by atoms with van der Waals surface area (Å²) in [6.45, 7) is 1.64. The lowest BCUT2D eigenvalue weighted by Gasteiger charge is -2.47. The molecule has 8 heteroatoms. The second-order valence-corrected chi connectivity index (χ2v) is 8.34. The number of rotatable bonds is 5. The molecule has 0 amide bonds. The number of benzene rings is 1. The Morgan fingerprint density at radius 1 is 1.21 bits per heavy atom. The van der Waals surface area contributed by atoms with Gasteiger partial charge in [-0.3, -0.25) is 4.68 Å². The minimum Gasteiger partial charge on any atom is -0.324 e. The number of likely N-dealkylation sites (N-methyl/N-ethyl adjacent to an activating group) is 1. The van der Waals surface area contributed by atoms with Gasteiger partial charge in [0.2, 0.25) is 5.95 Å². The molecule has 7 nitrogen and oxygen atoms in total. The number of nitrogens with one attached hydrogen (secondary N) is 1. The second kappa shape index (κ2) is 6.95. The largest absolute Gasteiger partial charge is 0.324 e. The molecule has 0 saturated carbocycles. The first kappa shape index (κ1) is 17.8. The van der Waals surface area contributed by atoms with Crippen LogP contribution in [0, 0.1) is 11.3 Å². The third kappa shape index (κ3) is 3.14. The predicted octanol–water partition coefficient (Wildman–Crippen LogP) is 3.85. The van der Waals surface area contributed by atoms with Crippen LogP contribution in [0.25, 0.3) is 21.5 Å². The fourth-order valence-corrected chi connectivity index (χ4v) is 4.76. The van der Waals surface area contributed by atoms with Crippen molar-refractivity contribution in [3.8, 4) is 17.3 Å². The van der Waals surface area contributed by atoms with E-state index in [1.807, 2.05) is 58.9 Å². The van der Waals surface area contributed by atoms with E-state index in [1.54, 1.807) is 11.3 Å². The molecule has 1 fully saturated rings. The summed E-state index contributed by atoms with van der Waals surface area (Å²) in [5.41, 5.74) is 3.38. The summed E-state index contributed by atoms with van der Waals surface area (Å²) >= 11 is 1.62. The molecule has 0 spiro atoms. The first-order valence-corrected chi connectivity index (χ1v) is 10.2. The Morgan fingerprint density at radius 2 is 2.03 bits per heavy atom. The van der Waals surface area contributed by atoms with E-state index in [1.165, 1.54) is 0 Å². The maximum Gasteiger partial charge on any atom is 0.228 e. The van der Waals surface area contributed by atoms with Gasteiger partial charge >= 0.3 is 0 Å². The number of aromatic nitrogens is 4. The molecule has 0 aliphatic carbocycles. The highest BCUT2D eigenvalue weighted by molar-refractivity contribution is 7.17. The lowest BCUT2D eigenvalue weighted by atomic mass is 9.87. The lowest BCUT2D eigenvalue weighted by molar-refractivity contribution is 0.0265. The van der Waals surface area contributed by atoms with Crippen LogP contribution >= 0.6 is 11.3 Å². The van der Waals surface area contributed by atoms with Gasteiger partial charge in [0.25, 0.3) is 0 Å². The van der Waals surface area contributed by atoms with E-state index in [2.05, 4.69) is 33.4 Å². The van der Waals surface area contributed by atoms with Crippen LogP contribution in [0.3, 0.4) is 0 Å². The van der Waals surface area contributed by atoms with Crippen LogP contribution < -0.4 is 5.32 Å². The maximum atomic E-state index is 9.29. The van der Waals surface area contributed by atoms with E-state index in [0.717, 1.165) is 40.3 Å². The first-order valence-electron chi connectivity index (χ1n) is 9.35. The molecule has 4 aromatic rings. The van der Waals surface area contributed by atoms with Gasteiger partial charge < -0.3 is 10.2 Å². The third-order valence-corrected chi connectivity index (χ3v) is 6.12. The number of hydrogen-bond donors (Lipinski definition) is 1. The molecular formula is C21H19N7S. The molecule has 4 heterocycles. The van der Waals surface area contributed by atoms with Crippen molar-refractivity contribution in [3.05, 3.63) is 54.2 Å². The first-order chi connectivity index (χ1) is 14.2. The van der Waals surface area contributed by atoms with Gasteiger partial charge in [-0.1, -0.05) is 18.2 Å². The highest BCUT2D eigenvalue weighted by Gasteiger charge is 2.43. The Bertz CT molecular complexity index is 1200. The zero-order valence-electron chi connectivity index (χ0n) is 15.9. The minimum absolute atomic E-state index is 0.255. The van der Waals surface area contributed by atoms with Crippen molar-refractivity contribution in [3.63, 3.8) is 0 Å². The normalized spacial score (nSPS) is 15.7. The van der Waals surface area contributed by atoms with Crippen molar-refractivity contribution in [2.45, 2.75) is 12.0 Å². The molecule has 5 rings (SSSR count). The molecule has 29 heavy (non-hydrogen) atoms. The number of nitrogens with zero attached hydrogens (tertiary/aromatic N) is 6. The van der Waals surface area contributed by atoms with E-state index in [4.69, 9.17) is 4.98 Å². The van der Waals surface area contributed by atoms with Crippen molar-refractivity contribution < 1.29 is 0 Å². The van der Waals surface area contributed by atoms with E-state index in [-0.39, 0.29) is 5.54 Å². The number of likely N-dealkylation sites (tertiary alicyclic amines) is 1. The lowest BCUT2D eigenvalue weighted by Crippen LogP contribution is -2.61. The Balaban J connectivity index is 1.54. The molecule has 1 N–H and O–H groups in total. The summed E-state index contributed by atoms with van der Waals surface area (Å²) in [7, 11) is 2.06. The van der Waals surface area contributed by atoms with Gasteiger partial charge in [0, 0.05) is 30.5 Å². The highest BCUT2D eigenvalue weighted by Crippen LogP contribution is 2.35. The molecule has 3 aromatic heterocycles. The van der Waals surface area contributed by atoms with Crippen LogP contribution in [0.5, 0.6) is 0 Å². The van der Waals surface area contributed by atoms with Crippen molar-refractivity contribution in [1.82, 2.24) is 24.6 Å². The average Bonchev–Trinajstić information content (AvgIpc) is 3.37. The van der Waals surface area contributed by atoms with Gasteiger partial charge in [-0.25, -0.2) is 9.97 Å². The zero-order valence-corrected chi connectivity index (χ0v) is 16.7. The van der Waals surface area contributed by atoms with Gasteiger partial charge in [0.15, 0.2) is 0 Å². The van der Waals surface area contributed by atoms with E-state index in [9.17, 15) is 5.26 Å². The smallest absolute Gasteiger partial charge is 0.228 e. The highest BCUT2D eigenvalue weighted by atomic mass is 32.1. The van der Waals surface area contributed by atoms with Crippen LogP contribution in [-0.2, 0) is 5.54 Å². The number of nitriles is 1. The minimum atomic E-state index is -0.255. The molecule has 1 saturated heterocycles. The van der Waals surface area contributed by atoms with Crippen LogP contribution in [0.4, 0.5) is 11.6 Å². The molecular weight excluding hydrogens is 382 g/mol. The van der Waals surface area contributed by atoms with E-state index < -0.39 is 0 Å². The summed E-state index contributed by atoms with van der Waals surface area (Å²) in [4.78, 5) is 11.6. The fraction of sp³-hybridized carbons (Fsp3) is 0.238. The second-order valence-electron chi connectivity index (χ2n) is 7.43. The number of para-hydroxylation sites is 1. The summed E-state index contributed by atoms with van der Waals surface area (Å²) in [5, 5.41) is 19.2. The van der Waals surface area contributed by atoms with Gasteiger partial charge in [0.05, 0.1) is 34.6 Å². The van der Waals surface area contributed by atoms with Gasteiger partial charge in [0.1, 0.15) is 5.54 Å². The van der Waals surface area contributed by atoms with Crippen molar-refractivity contribution in [1.29, 1.82) is 5.26 Å². The van der Waals surface area contributed by atoms with Crippen molar-refractivity contribution in [2.75, 3.05) is 25.5 Å². The molecule has 0 unspecified atom stereocenters. The Hall–Kier alpha value is -3.28. The van der Waals surface area contributed by atoms with Gasteiger partial charge in [-0.2, -0.15) is 10.4 Å². The third-order valence-electron chi connectivity index (χ3n) is 5.21. The molecule has 0 bridgehead atoms. The quantitative estimate of drug-likeness (QED) is 0.547. The SMILES string of the molecule is CN1CC(CC#N)(n2cc(-c3nc(Nc4ccccc4)nc4ccsc34)cn2)C1. The predicted molar refractivity (Wildman–Crippen MR) is 114 cm³/mol. The Labute approximate surface area is 172 Å². The molecule has 1 aliphatic rings. The molecule has 144 valence electrons. The average molecular weight is 401 g/mol. The van der Waals surface area contributed by atoms with E-state index in [0.29, 0.717) is 12.4 Å². The van der Waals surface area contributed by atoms with Gasteiger partial charge in [-0.05, 0) is 30.6 Å². The van der Waals surface area contributed by atoms with Crippen LogP contribution in [0.1, 0.15) is 6.42 Å². The molecule has 0 atom stereocenters. The summed E-state index contributed by atoms with van der Waals surface area (Å²) in [6, 6.07) is 14.2.